The highest BCUT2D eigenvalue weighted by molar-refractivity contribution is 5.28. The standard InChI is InChI=1S/C15H20F3N/c1-10-5-3-8-13(10)14(19-2)11-6-4-7-12(9-11)15(16,17)18/h4,6-7,9-10,13-14,19H,3,5,8H2,1-2H3. The van der Waals surface area contributed by atoms with E-state index in [4.69, 9.17) is 0 Å². The summed E-state index contributed by atoms with van der Waals surface area (Å²) in [6.07, 6.45) is -0.844. The van der Waals surface area contributed by atoms with Gasteiger partial charge in [0.05, 0.1) is 5.56 Å². The van der Waals surface area contributed by atoms with E-state index in [1.807, 2.05) is 7.05 Å². The third kappa shape index (κ3) is 3.11. The Labute approximate surface area is 112 Å². The van der Waals surface area contributed by atoms with Crippen molar-refractivity contribution in [1.29, 1.82) is 0 Å². The molecule has 106 valence electrons. The van der Waals surface area contributed by atoms with Crippen molar-refractivity contribution in [2.24, 2.45) is 11.8 Å². The molecule has 1 saturated carbocycles. The second-order valence-corrected chi connectivity index (χ2v) is 5.46. The molecule has 0 radical (unpaired) electrons. The summed E-state index contributed by atoms with van der Waals surface area (Å²) in [5.74, 6) is 0.987. The molecule has 0 aromatic heterocycles. The van der Waals surface area contributed by atoms with E-state index in [0.717, 1.165) is 18.1 Å². The molecule has 1 aliphatic carbocycles. The lowest BCUT2D eigenvalue weighted by atomic mass is 9.85. The van der Waals surface area contributed by atoms with Gasteiger partial charge >= 0.3 is 6.18 Å². The van der Waals surface area contributed by atoms with E-state index in [9.17, 15) is 13.2 Å². The molecule has 0 spiro atoms. The quantitative estimate of drug-likeness (QED) is 0.859. The normalized spacial score (nSPS) is 25.5. The van der Waals surface area contributed by atoms with Gasteiger partial charge in [0.2, 0.25) is 0 Å². The first-order valence-electron chi connectivity index (χ1n) is 6.78. The summed E-state index contributed by atoms with van der Waals surface area (Å²) < 4.78 is 38.3. The fraction of sp³-hybridized carbons (Fsp3) is 0.600. The topological polar surface area (TPSA) is 12.0 Å². The predicted octanol–water partition coefficient (Wildman–Crippen LogP) is 4.40. The predicted molar refractivity (Wildman–Crippen MR) is 69.7 cm³/mol. The Kier molecular flexibility index (Phi) is 4.19. The van der Waals surface area contributed by atoms with Crippen molar-refractivity contribution in [2.45, 2.75) is 38.4 Å². The molecule has 19 heavy (non-hydrogen) atoms. The zero-order valence-electron chi connectivity index (χ0n) is 11.3. The molecule has 1 aromatic carbocycles. The van der Waals surface area contributed by atoms with E-state index < -0.39 is 11.7 Å². The van der Waals surface area contributed by atoms with Gasteiger partial charge in [-0.15, -0.1) is 0 Å². The summed E-state index contributed by atoms with van der Waals surface area (Å²) in [6.45, 7) is 2.19. The lowest BCUT2D eigenvalue weighted by Crippen LogP contribution is -2.27. The smallest absolute Gasteiger partial charge is 0.313 e. The van der Waals surface area contributed by atoms with Gasteiger partial charge in [0, 0.05) is 6.04 Å². The van der Waals surface area contributed by atoms with Crippen LogP contribution in [0.15, 0.2) is 24.3 Å². The average Bonchev–Trinajstić information content (AvgIpc) is 2.76. The Morgan fingerprint density at radius 3 is 2.53 bits per heavy atom. The Bertz CT molecular complexity index is 428. The molecule has 0 amide bonds. The molecule has 4 heteroatoms. The van der Waals surface area contributed by atoms with E-state index in [-0.39, 0.29) is 6.04 Å². The lowest BCUT2D eigenvalue weighted by molar-refractivity contribution is -0.137. The molecule has 1 aliphatic rings. The molecule has 2 rings (SSSR count). The van der Waals surface area contributed by atoms with Gasteiger partial charge in [-0.1, -0.05) is 31.9 Å². The lowest BCUT2D eigenvalue weighted by Gasteiger charge is -2.27. The van der Waals surface area contributed by atoms with Crippen LogP contribution < -0.4 is 5.32 Å². The average molecular weight is 271 g/mol. The van der Waals surface area contributed by atoms with Gasteiger partial charge < -0.3 is 5.32 Å². The van der Waals surface area contributed by atoms with Crippen molar-refractivity contribution >= 4 is 0 Å². The van der Waals surface area contributed by atoms with Crippen molar-refractivity contribution < 1.29 is 13.2 Å². The van der Waals surface area contributed by atoms with Crippen molar-refractivity contribution in [1.82, 2.24) is 5.32 Å². The molecule has 0 aliphatic heterocycles. The maximum Gasteiger partial charge on any atom is 0.416 e. The van der Waals surface area contributed by atoms with E-state index in [1.54, 1.807) is 6.07 Å². The molecule has 1 N–H and O–H groups in total. The molecule has 0 heterocycles. The Hall–Kier alpha value is -1.03. The Balaban J connectivity index is 2.28. The summed E-state index contributed by atoms with van der Waals surface area (Å²) in [5, 5.41) is 3.20. The molecule has 1 fully saturated rings. The molecule has 0 bridgehead atoms. The largest absolute Gasteiger partial charge is 0.416 e. The molecular formula is C15H20F3N. The fourth-order valence-corrected chi connectivity index (χ4v) is 3.21. The van der Waals surface area contributed by atoms with E-state index >= 15 is 0 Å². The number of hydrogen-bond acceptors (Lipinski definition) is 1. The highest BCUT2D eigenvalue weighted by Crippen LogP contribution is 2.41. The van der Waals surface area contributed by atoms with Crippen LogP contribution in [-0.4, -0.2) is 7.05 Å². The van der Waals surface area contributed by atoms with Crippen LogP contribution in [-0.2, 0) is 6.18 Å². The molecule has 3 atom stereocenters. The van der Waals surface area contributed by atoms with Crippen LogP contribution in [0.25, 0.3) is 0 Å². The van der Waals surface area contributed by atoms with Gasteiger partial charge in [-0.05, 0) is 43.0 Å². The molecule has 3 unspecified atom stereocenters. The molecular weight excluding hydrogens is 251 g/mol. The number of nitrogens with one attached hydrogen (secondary N) is 1. The van der Waals surface area contributed by atoms with E-state index in [2.05, 4.69) is 12.2 Å². The zero-order chi connectivity index (χ0) is 14.0. The van der Waals surface area contributed by atoms with Crippen molar-refractivity contribution in [2.75, 3.05) is 7.05 Å². The minimum atomic E-state index is -4.27. The number of alkyl halides is 3. The molecule has 0 saturated heterocycles. The second-order valence-electron chi connectivity index (χ2n) is 5.46. The maximum absolute atomic E-state index is 12.8. The van der Waals surface area contributed by atoms with Crippen LogP contribution in [0.1, 0.15) is 43.4 Å². The highest BCUT2D eigenvalue weighted by Gasteiger charge is 2.34. The van der Waals surface area contributed by atoms with E-state index in [1.165, 1.54) is 25.0 Å². The molecule has 1 aromatic rings. The Morgan fingerprint density at radius 2 is 2.00 bits per heavy atom. The second kappa shape index (κ2) is 5.53. The third-order valence-electron chi connectivity index (χ3n) is 4.24. The van der Waals surface area contributed by atoms with Gasteiger partial charge in [0.15, 0.2) is 0 Å². The van der Waals surface area contributed by atoms with Gasteiger partial charge in [0.1, 0.15) is 0 Å². The minimum Gasteiger partial charge on any atom is -0.313 e. The summed E-state index contributed by atoms with van der Waals surface area (Å²) in [6, 6.07) is 5.73. The summed E-state index contributed by atoms with van der Waals surface area (Å²) in [7, 11) is 1.83. The van der Waals surface area contributed by atoms with E-state index in [0.29, 0.717) is 11.8 Å². The number of benzene rings is 1. The first-order chi connectivity index (χ1) is 8.93. The minimum absolute atomic E-state index is 0.0137. The Morgan fingerprint density at radius 1 is 1.26 bits per heavy atom. The number of hydrogen-bond donors (Lipinski definition) is 1. The van der Waals surface area contributed by atoms with Crippen LogP contribution in [0.5, 0.6) is 0 Å². The van der Waals surface area contributed by atoms with Gasteiger partial charge in [-0.3, -0.25) is 0 Å². The van der Waals surface area contributed by atoms with Crippen LogP contribution >= 0.6 is 0 Å². The van der Waals surface area contributed by atoms with Gasteiger partial charge in [-0.25, -0.2) is 0 Å². The monoisotopic (exact) mass is 271 g/mol. The fourth-order valence-electron chi connectivity index (χ4n) is 3.21. The van der Waals surface area contributed by atoms with Crippen LogP contribution in [0.4, 0.5) is 13.2 Å². The van der Waals surface area contributed by atoms with Crippen molar-refractivity contribution in [3.05, 3.63) is 35.4 Å². The van der Waals surface area contributed by atoms with Gasteiger partial charge in [0.25, 0.3) is 0 Å². The zero-order valence-corrected chi connectivity index (χ0v) is 11.3. The van der Waals surface area contributed by atoms with Crippen LogP contribution in [0.3, 0.4) is 0 Å². The maximum atomic E-state index is 12.8. The van der Waals surface area contributed by atoms with Crippen LogP contribution in [0.2, 0.25) is 0 Å². The highest BCUT2D eigenvalue weighted by atomic mass is 19.4. The van der Waals surface area contributed by atoms with Crippen molar-refractivity contribution in [3.8, 4) is 0 Å². The van der Waals surface area contributed by atoms with Gasteiger partial charge in [-0.2, -0.15) is 13.2 Å². The number of halogens is 3. The third-order valence-corrected chi connectivity index (χ3v) is 4.24. The van der Waals surface area contributed by atoms with Crippen LogP contribution in [0, 0.1) is 11.8 Å². The summed E-state index contributed by atoms with van der Waals surface area (Å²) in [5.41, 5.74) is 0.187. The summed E-state index contributed by atoms with van der Waals surface area (Å²) in [4.78, 5) is 0. The summed E-state index contributed by atoms with van der Waals surface area (Å²) >= 11 is 0. The molecule has 1 nitrogen and oxygen atoms in total. The number of rotatable bonds is 3. The first-order valence-corrected chi connectivity index (χ1v) is 6.78. The van der Waals surface area contributed by atoms with Crippen molar-refractivity contribution in [3.63, 3.8) is 0 Å². The SMILES string of the molecule is CNC(c1cccc(C(F)(F)F)c1)C1CCCC1C. The first kappa shape index (κ1) is 14.4.